The second kappa shape index (κ2) is 4.44. The van der Waals surface area contributed by atoms with Crippen LogP contribution in [-0.2, 0) is 6.54 Å². The van der Waals surface area contributed by atoms with Gasteiger partial charge in [0.2, 0.25) is 5.88 Å². The fraction of sp³-hybridized carbons (Fsp3) is 0.600. The van der Waals surface area contributed by atoms with Crippen molar-refractivity contribution >= 4 is 0 Å². The lowest BCUT2D eigenvalue weighted by Crippen LogP contribution is -2.33. The summed E-state index contributed by atoms with van der Waals surface area (Å²) in [6, 6.07) is 3.43. The van der Waals surface area contributed by atoms with Gasteiger partial charge in [0.1, 0.15) is 0 Å². The minimum absolute atomic E-state index is 0.0792. The summed E-state index contributed by atoms with van der Waals surface area (Å²) in [5, 5.41) is 7.43. The predicted octanol–water partition coefficient (Wildman–Crippen LogP) is 0.00390. The fourth-order valence-corrected chi connectivity index (χ4v) is 1.79. The first-order chi connectivity index (χ1) is 7.29. The van der Waals surface area contributed by atoms with Crippen LogP contribution in [0.2, 0.25) is 0 Å². The van der Waals surface area contributed by atoms with E-state index in [0.717, 1.165) is 13.0 Å². The summed E-state index contributed by atoms with van der Waals surface area (Å²) in [6.45, 7) is 1.65. The molecule has 1 aliphatic rings. The fourth-order valence-electron chi connectivity index (χ4n) is 1.79. The summed E-state index contributed by atoms with van der Waals surface area (Å²) < 4.78 is 6.44. The number of hydrogen-bond acceptors (Lipinski definition) is 4. The average Bonchev–Trinajstić information content (AvgIpc) is 2.74. The molecule has 1 aliphatic heterocycles. The molecule has 0 spiro atoms. The molecule has 2 heterocycles. The van der Waals surface area contributed by atoms with Crippen LogP contribution in [0.15, 0.2) is 16.9 Å². The van der Waals surface area contributed by atoms with Crippen molar-refractivity contribution in [3.8, 4) is 5.88 Å². The normalized spacial score (nSPS) is 20.5. The van der Waals surface area contributed by atoms with Crippen molar-refractivity contribution < 1.29 is 4.74 Å². The van der Waals surface area contributed by atoms with Crippen LogP contribution in [0.1, 0.15) is 12.8 Å². The molecule has 1 fully saturated rings. The van der Waals surface area contributed by atoms with Gasteiger partial charge in [-0.25, -0.2) is 4.68 Å². The van der Waals surface area contributed by atoms with Crippen molar-refractivity contribution in [2.24, 2.45) is 0 Å². The summed E-state index contributed by atoms with van der Waals surface area (Å²) in [5.41, 5.74) is -0.0792. The Morgan fingerprint density at radius 2 is 2.53 bits per heavy atom. The van der Waals surface area contributed by atoms with Gasteiger partial charge >= 0.3 is 0 Å². The number of methoxy groups -OCH3 is 1. The van der Waals surface area contributed by atoms with E-state index in [2.05, 4.69) is 10.4 Å². The molecule has 1 aromatic heterocycles. The summed E-state index contributed by atoms with van der Waals surface area (Å²) in [5.74, 6) is 0.479. The first kappa shape index (κ1) is 10.2. The molecule has 2 rings (SSSR count). The Labute approximate surface area is 88.1 Å². The van der Waals surface area contributed by atoms with Gasteiger partial charge in [0, 0.05) is 18.2 Å². The summed E-state index contributed by atoms with van der Waals surface area (Å²) in [6.07, 6.45) is 2.27. The van der Waals surface area contributed by atoms with E-state index >= 15 is 0 Å². The lowest BCUT2D eigenvalue weighted by molar-refractivity contribution is 0.365. The number of ether oxygens (including phenoxy) is 1. The third-order valence-electron chi connectivity index (χ3n) is 2.61. The van der Waals surface area contributed by atoms with Crippen LogP contribution < -0.4 is 15.6 Å². The SMILES string of the molecule is COc1ccc(=O)n(C[C@H]2CCCN2)n1. The quantitative estimate of drug-likeness (QED) is 0.761. The number of nitrogens with one attached hydrogen (secondary N) is 1. The maximum Gasteiger partial charge on any atom is 0.267 e. The van der Waals surface area contributed by atoms with E-state index in [9.17, 15) is 4.79 Å². The van der Waals surface area contributed by atoms with E-state index in [1.165, 1.54) is 17.2 Å². The lowest BCUT2D eigenvalue weighted by atomic mass is 10.2. The predicted molar refractivity (Wildman–Crippen MR) is 56.1 cm³/mol. The molecule has 0 saturated carbocycles. The third-order valence-corrected chi connectivity index (χ3v) is 2.61. The Balaban J connectivity index is 2.15. The van der Waals surface area contributed by atoms with E-state index < -0.39 is 0 Å². The van der Waals surface area contributed by atoms with Gasteiger partial charge < -0.3 is 10.1 Å². The van der Waals surface area contributed by atoms with Crippen LogP contribution in [-0.4, -0.2) is 29.5 Å². The average molecular weight is 209 g/mol. The van der Waals surface area contributed by atoms with Crippen LogP contribution in [0.3, 0.4) is 0 Å². The zero-order valence-electron chi connectivity index (χ0n) is 8.77. The Morgan fingerprint density at radius 3 is 3.20 bits per heavy atom. The molecule has 0 amide bonds. The van der Waals surface area contributed by atoms with Crippen LogP contribution in [0.5, 0.6) is 5.88 Å². The van der Waals surface area contributed by atoms with Crippen LogP contribution >= 0.6 is 0 Å². The van der Waals surface area contributed by atoms with E-state index in [-0.39, 0.29) is 5.56 Å². The largest absolute Gasteiger partial charge is 0.480 e. The van der Waals surface area contributed by atoms with E-state index in [1.54, 1.807) is 13.2 Å². The number of aromatic nitrogens is 2. The van der Waals surface area contributed by atoms with Crippen LogP contribution in [0.4, 0.5) is 0 Å². The molecule has 82 valence electrons. The highest BCUT2D eigenvalue weighted by molar-refractivity contribution is 5.06. The molecule has 0 bridgehead atoms. The lowest BCUT2D eigenvalue weighted by Gasteiger charge is -2.11. The molecular formula is C10H15N3O2. The molecule has 1 aromatic rings. The highest BCUT2D eigenvalue weighted by Gasteiger charge is 2.15. The highest BCUT2D eigenvalue weighted by atomic mass is 16.5. The molecule has 0 unspecified atom stereocenters. The van der Waals surface area contributed by atoms with E-state index in [0.29, 0.717) is 18.5 Å². The monoisotopic (exact) mass is 209 g/mol. The molecule has 0 aliphatic carbocycles. The van der Waals surface area contributed by atoms with Crippen molar-refractivity contribution in [1.82, 2.24) is 15.1 Å². The molecule has 5 heteroatoms. The zero-order chi connectivity index (χ0) is 10.7. The second-order valence-electron chi connectivity index (χ2n) is 3.69. The minimum atomic E-state index is -0.0792. The van der Waals surface area contributed by atoms with Gasteiger partial charge in [-0.3, -0.25) is 4.79 Å². The van der Waals surface area contributed by atoms with Crippen molar-refractivity contribution in [3.63, 3.8) is 0 Å². The Morgan fingerprint density at radius 1 is 1.67 bits per heavy atom. The van der Waals surface area contributed by atoms with Crippen molar-refractivity contribution in [1.29, 1.82) is 0 Å². The molecule has 0 radical (unpaired) electrons. The topological polar surface area (TPSA) is 56.1 Å². The molecular weight excluding hydrogens is 194 g/mol. The van der Waals surface area contributed by atoms with E-state index in [4.69, 9.17) is 4.74 Å². The molecule has 1 N–H and O–H groups in total. The van der Waals surface area contributed by atoms with Crippen molar-refractivity contribution in [2.75, 3.05) is 13.7 Å². The standard InChI is InChI=1S/C10H15N3O2/c1-15-9-4-5-10(14)13(12-9)7-8-3-2-6-11-8/h4-5,8,11H,2-3,6-7H2,1H3/t8-/m1/s1. The Hall–Kier alpha value is -1.36. The maximum absolute atomic E-state index is 11.5. The first-order valence-electron chi connectivity index (χ1n) is 5.15. The van der Waals surface area contributed by atoms with Gasteiger partial charge in [0.05, 0.1) is 13.7 Å². The first-order valence-corrected chi connectivity index (χ1v) is 5.15. The van der Waals surface area contributed by atoms with Gasteiger partial charge in [0.15, 0.2) is 0 Å². The van der Waals surface area contributed by atoms with Crippen molar-refractivity contribution in [2.45, 2.75) is 25.4 Å². The zero-order valence-corrected chi connectivity index (χ0v) is 8.77. The third kappa shape index (κ3) is 2.36. The summed E-state index contributed by atoms with van der Waals surface area (Å²) in [4.78, 5) is 11.5. The Bertz CT molecular complexity index is 382. The van der Waals surface area contributed by atoms with Crippen LogP contribution in [0, 0.1) is 0 Å². The van der Waals surface area contributed by atoms with Gasteiger partial charge in [-0.15, -0.1) is 5.10 Å². The summed E-state index contributed by atoms with van der Waals surface area (Å²) >= 11 is 0. The van der Waals surface area contributed by atoms with Gasteiger partial charge in [-0.1, -0.05) is 0 Å². The minimum Gasteiger partial charge on any atom is -0.480 e. The van der Waals surface area contributed by atoms with Gasteiger partial charge in [0.25, 0.3) is 5.56 Å². The number of hydrogen-bond donors (Lipinski definition) is 1. The van der Waals surface area contributed by atoms with Crippen molar-refractivity contribution in [3.05, 3.63) is 22.5 Å². The highest BCUT2D eigenvalue weighted by Crippen LogP contribution is 2.07. The maximum atomic E-state index is 11.5. The van der Waals surface area contributed by atoms with Gasteiger partial charge in [-0.2, -0.15) is 0 Å². The Kier molecular flexibility index (Phi) is 3.01. The molecule has 0 aromatic carbocycles. The smallest absolute Gasteiger partial charge is 0.267 e. The van der Waals surface area contributed by atoms with E-state index in [1.807, 2.05) is 0 Å². The second-order valence-corrected chi connectivity index (χ2v) is 3.69. The molecule has 1 atom stereocenters. The van der Waals surface area contributed by atoms with Crippen LogP contribution in [0.25, 0.3) is 0 Å². The molecule has 15 heavy (non-hydrogen) atoms. The number of rotatable bonds is 3. The van der Waals surface area contributed by atoms with Gasteiger partial charge in [-0.05, 0) is 19.4 Å². The molecule has 1 saturated heterocycles. The molecule has 5 nitrogen and oxygen atoms in total. The number of nitrogens with zero attached hydrogens (tertiary/aromatic N) is 2. The summed E-state index contributed by atoms with van der Waals surface area (Å²) in [7, 11) is 1.55.